The second-order valence-electron chi connectivity index (χ2n) is 6.98. The van der Waals surface area contributed by atoms with Crippen LogP contribution in [0.5, 0.6) is 5.88 Å². The maximum Gasteiger partial charge on any atom is 0.257 e. The number of hydrogen-bond donors (Lipinski definition) is 2. The minimum Gasteiger partial charge on any atom is -0.481 e. The molecule has 4 rings (SSSR count). The summed E-state index contributed by atoms with van der Waals surface area (Å²) >= 11 is 9.67. The van der Waals surface area contributed by atoms with Gasteiger partial charge in [-0.05, 0) is 42.8 Å². The van der Waals surface area contributed by atoms with Crippen molar-refractivity contribution in [2.75, 3.05) is 12.4 Å². The molecule has 0 spiro atoms. The second-order valence-corrected chi connectivity index (χ2v) is 8.31. The summed E-state index contributed by atoms with van der Waals surface area (Å²) < 4.78 is 19.6. The molecule has 0 fully saturated rings. The Morgan fingerprint density at radius 2 is 2.06 bits per heavy atom. The normalized spacial score (nSPS) is 14.7. The molecule has 31 heavy (non-hydrogen) atoms. The van der Waals surface area contributed by atoms with Crippen LogP contribution >= 0.6 is 27.5 Å². The van der Waals surface area contributed by atoms with Crippen molar-refractivity contribution < 1.29 is 18.7 Å². The Balaban J connectivity index is 1.78. The topological polar surface area (TPSA) is 80.3 Å². The molecule has 6 nitrogen and oxygen atoms in total. The Morgan fingerprint density at radius 3 is 2.77 bits per heavy atom. The first kappa shape index (κ1) is 21.3. The quantitative estimate of drug-likeness (QED) is 0.522. The highest BCUT2D eigenvalue weighted by Crippen LogP contribution is 2.41. The number of ether oxygens (including phenoxy) is 1. The van der Waals surface area contributed by atoms with Gasteiger partial charge in [-0.25, -0.2) is 9.37 Å². The smallest absolute Gasteiger partial charge is 0.257 e. The van der Waals surface area contributed by atoms with Crippen LogP contribution in [0.2, 0.25) is 5.02 Å². The van der Waals surface area contributed by atoms with Gasteiger partial charge in [0.1, 0.15) is 5.82 Å². The molecule has 2 heterocycles. The first-order valence-corrected chi connectivity index (χ1v) is 10.4. The molecule has 2 N–H and O–H groups in total. The molecular weight excluding hydrogens is 489 g/mol. The van der Waals surface area contributed by atoms with E-state index in [2.05, 4.69) is 31.5 Å². The summed E-state index contributed by atoms with van der Waals surface area (Å²) in [6.45, 7) is 1.77. The summed E-state index contributed by atoms with van der Waals surface area (Å²) in [7, 11) is 1.49. The highest BCUT2D eigenvalue weighted by Gasteiger charge is 2.34. The van der Waals surface area contributed by atoms with E-state index in [0.717, 1.165) is 0 Å². The number of benzene rings is 2. The van der Waals surface area contributed by atoms with Crippen LogP contribution in [0, 0.1) is 12.7 Å². The van der Waals surface area contributed by atoms with E-state index in [0.29, 0.717) is 48.9 Å². The molecule has 0 radical (unpaired) electrons. The van der Waals surface area contributed by atoms with Crippen molar-refractivity contribution in [3.63, 3.8) is 0 Å². The van der Waals surface area contributed by atoms with Crippen LogP contribution in [0.15, 0.2) is 47.1 Å². The molecule has 1 aliphatic heterocycles. The monoisotopic (exact) mass is 503 g/mol. The fourth-order valence-electron chi connectivity index (χ4n) is 3.54. The molecule has 2 amide bonds. The Labute approximate surface area is 190 Å². The average molecular weight is 505 g/mol. The number of anilines is 1. The van der Waals surface area contributed by atoms with Crippen molar-refractivity contribution in [3.05, 3.63) is 85.7 Å². The molecule has 0 aliphatic carbocycles. The number of halogens is 3. The highest BCUT2D eigenvalue weighted by atomic mass is 79.9. The summed E-state index contributed by atoms with van der Waals surface area (Å²) in [5.41, 5.74) is 2.69. The second kappa shape index (κ2) is 8.28. The van der Waals surface area contributed by atoms with Crippen molar-refractivity contribution in [2.24, 2.45) is 0 Å². The Kier molecular flexibility index (Phi) is 5.68. The van der Waals surface area contributed by atoms with Crippen LogP contribution < -0.4 is 15.4 Å². The number of nitrogens with zero attached hydrogens (tertiary/aromatic N) is 1. The van der Waals surface area contributed by atoms with Gasteiger partial charge in [-0.2, -0.15) is 0 Å². The zero-order chi connectivity index (χ0) is 22.3. The van der Waals surface area contributed by atoms with E-state index in [9.17, 15) is 14.0 Å². The molecule has 0 bridgehead atoms. The SMILES string of the molecule is COc1cc(C)c(C(=O)Nc2cc(Br)cc3c2C(c2cc(F)ccc2Cl)NC3=O)cn1. The average Bonchev–Trinajstić information content (AvgIpc) is 3.05. The van der Waals surface area contributed by atoms with E-state index in [1.807, 2.05) is 0 Å². The Hall–Kier alpha value is -2.97. The molecule has 0 saturated carbocycles. The largest absolute Gasteiger partial charge is 0.481 e. The predicted octanol–water partition coefficient (Wildman–Crippen LogP) is 5.04. The molecule has 158 valence electrons. The number of hydrogen-bond acceptors (Lipinski definition) is 4. The summed E-state index contributed by atoms with van der Waals surface area (Å²) in [5.74, 6) is -0.839. The lowest BCUT2D eigenvalue weighted by molar-refractivity contribution is 0.0959. The van der Waals surface area contributed by atoms with Crippen LogP contribution in [0.25, 0.3) is 0 Å². The minimum atomic E-state index is -0.718. The van der Waals surface area contributed by atoms with Gasteiger partial charge in [0.2, 0.25) is 5.88 Å². The van der Waals surface area contributed by atoms with E-state index < -0.39 is 17.8 Å². The van der Waals surface area contributed by atoms with Crippen LogP contribution in [0.3, 0.4) is 0 Å². The van der Waals surface area contributed by atoms with Crippen molar-refractivity contribution >= 4 is 45.0 Å². The molecule has 1 atom stereocenters. The third-order valence-corrected chi connectivity index (χ3v) is 5.81. The molecule has 3 aromatic rings. The van der Waals surface area contributed by atoms with Crippen molar-refractivity contribution in [3.8, 4) is 5.88 Å². The molecule has 0 saturated heterocycles. The van der Waals surface area contributed by atoms with Gasteiger partial charge in [0.15, 0.2) is 0 Å². The predicted molar refractivity (Wildman–Crippen MR) is 118 cm³/mol. The van der Waals surface area contributed by atoms with Gasteiger partial charge >= 0.3 is 0 Å². The van der Waals surface area contributed by atoms with Crippen molar-refractivity contribution in [1.29, 1.82) is 0 Å². The number of pyridine rings is 1. The summed E-state index contributed by atoms with van der Waals surface area (Å²) in [6, 6.07) is 8.21. The fourth-order valence-corrected chi connectivity index (χ4v) is 4.22. The van der Waals surface area contributed by atoms with Gasteiger partial charge in [-0.3, -0.25) is 9.59 Å². The number of aromatic nitrogens is 1. The number of carbonyl (C=O) groups is 2. The zero-order valence-electron chi connectivity index (χ0n) is 16.4. The maximum atomic E-state index is 13.9. The minimum absolute atomic E-state index is 0.301. The lowest BCUT2D eigenvalue weighted by Gasteiger charge is -2.18. The van der Waals surface area contributed by atoms with E-state index in [1.54, 1.807) is 25.1 Å². The van der Waals surface area contributed by atoms with Crippen LogP contribution in [0.4, 0.5) is 10.1 Å². The van der Waals surface area contributed by atoms with Gasteiger partial charge in [-0.1, -0.05) is 27.5 Å². The summed E-state index contributed by atoms with van der Waals surface area (Å²) in [4.78, 5) is 29.7. The zero-order valence-corrected chi connectivity index (χ0v) is 18.8. The number of amides is 2. The van der Waals surface area contributed by atoms with Crippen LogP contribution in [0.1, 0.15) is 43.4 Å². The highest BCUT2D eigenvalue weighted by molar-refractivity contribution is 9.10. The molecule has 1 unspecified atom stereocenters. The number of nitrogens with one attached hydrogen (secondary N) is 2. The lowest BCUT2D eigenvalue weighted by Crippen LogP contribution is -2.21. The van der Waals surface area contributed by atoms with E-state index in [4.69, 9.17) is 16.3 Å². The van der Waals surface area contributed by atoms with E-state index >= 15 is 0 Å². The molecule has 9 heteroatoms. The number of rotatable bonds is 4. The lowest BCUT2D eigenvalue weighted by atomic mass is 9.96. The Bertz CT molecular complexity index is 1230. The first-order valence-electron chi connectivity index (χ1n) is 9.19. The first-order chi connectivity index (χ1) is 14.8. The molecular formula is C22H16BrClFN3O3. The summed E-state index contributed by atoms with van der Waals surface area (Å²) in [5, 5.41) is 5.97. The molecule has 1 aliphatic rings. The van der Waals surface area contributed by atoms with Gasteiger partial charge in [0, 0.05) is 44.1 Å². The molecule has 1 aromatic heterocycles. The van der Waals surface area contributed by atoms with Gasteiger partial charge in [0.25, 0.3) is 11.8 Å². The van der Waals surface area contributed by atoms with Gasteiger partial charge < -0.3 is 15.4 Å². The van der Waals surface area contributed by atoms with Crippen molar-refractivity contribution in [2.45, 2.75) is 13.0 Å². The number of aryl methyl sites for hydroxylation is 1. The third-order valence-electron chi connectivity index (χ3n) is 5.01. The Morgan fingerprint density at radius 1 is 1.29 bits per heavy atom. The maximum absolute atomic E-state index is 13.9. The van der Waals surface area contributed by atoms with Gasteiger partial charge in [-0.15, -0.1) is 0 Å². The van der Waals surface area contributed by atoms with Gasteiger partial charge in [0.05, 0.1) is 18.7 Å². The standard InChI is InChI=1S/C22H16BrClFN3O3/c1-10-5-18(31-2)26-9-15(10)22(30)27-17-7-11(23)6-14-19(17)20(28-21(14)29)13-8-12(25)3-4-16(13)24/h3-9,20H,1-2H3,(H,27,30)(H,28,29). The number of methoxy groups -OCH3 is 1. The molecule has 2 aromatic carbocycles. The fraction of sp³-hybridized carbons (Fsp3) is 0.136. The van der Waals surface area contributed by atoms with E-state index in [-0.39, 0.29) is 5.91 Å². The number of carbonyl (C=O) groups excluding carboxylic acids is 2. The summed E-state index contributed by atoms with van der Waals surface area (Å²) in [6.07, 6.45) is 1.42. The van der Waals surface area contributed by atoms with E-state index in [1.165, 1.54) is 31.5 Å². The van der Waals surface area contributed by atoms with Crippen molar-refractivity contribution in [1.82, 2.24) is 10.3 Å². The number of fused-ring (bicyclic) bond motifs is 1. The van der Waals surface area contributed by atoms with Crippen LogP contribution in [-0.4, -0.2) is 23.9 Å². The third kappa shape index (κ3) is 4.00. The van der Waals surface area contributed by atoms with Crippen LogP contribution in [-0.2, 0) is 0 Å².